The maximum Gasteiger partial charge on any atom is 0.262 e. The van der Waals surface area contributed by atoms with E-state index in [1.165, 1.54) is 11.8 Å². The van der Waals surface area contributed by atoms with Gasteiger partial charge in [-0.3, -0.25) is 4.79 Å². The van der Waals surface area contributed by atoms with Crippen LogP contribution in [0.15, 0.2) is 33.7 Å². The lowest BCUT2D eigenvalue weighted by Gasteiger charge is -2.24. The molecule has 3 rings (SSSR count). The second-order valence-electron chi connectivity index (χ2n) is 5.27. The molecule has 1 amide bonds. The minimum absolute atomic E-state index is 0.0443. The minimum Gasteiger partial charge on any atom is -0.316 e. The third kappa shape index (κ3) is 3.44. The van der Waals surface area contributed by atoms with Gasteiger partial charge in [0.2, 0.25) is 0 Å². The highest BCUT2D eigenvalue weighted by molar-refractivity contribution is 9.10. The van der Waals surface area contributed by atoms with E-state index < -0.39 is 15.7 Å². The van der Waals surface area contributed by atoms with Crippen molar-refractivity contribution in [2.75, 3.05) is 16.4 Å². The van der Waals surface area contributed by atoms with Gasteiger partial charge in [-0.25, -0.2) is 8.42 Å². The van der Waals surface area contributed by atoms with Gasteiger partial charge in [-0.15, -0.1) is 0 Å². The van der Waals surface area contributed by atoms with Gasteiger partial charge in [-0.1, -0.05) is 33.8 Å². The number of aliphatic imine (C=N–C) groups is 1. The first kappa shape index (κ1) is 16.5. The van der Waals surface area contributed by atoms with Crippen LogP contribution in [0.4, 0.5) is 5.69 Å². The zero-order valence-electron chi connectivity index (χ0n) is 11.8. The molecule has 23 heavy (non-hydrogen) atoms. The Bertz CT molecular complexity index is 832. The molecule has 0 bridgehead atoms. The van der Waals surface area contributed by atoms with Crippen molar-refractivity contribution >= 4 is 54.3 Å². The van der Waals surface area contributed by atoms with E-state index in [1.54, 1.807) is 11.0 Å². The zero-order chi connectivity index (χ0) is 16.6. The highest BCUT2D eigenvalue weighted by Crippen LogP contribution is 2.41. The van der Waals surface area contributed by atoms with E-state index >= 15 is 0 Å². The lowest BCUT2D eigenvalue weighted by molar-refractivity contribution is -0.116. The molecule has 0 spiro atoms. The fraction of sp³-hybridized carbons (Fsp3) is 0.357. The number of fused-ring (bicyclic) bond motifs is 1. The normalized spacial score (nSPS) is 27.0. The van der Waals surface area contributed by atoms with Gasteiger partial charge in [-0.2, -0.15) is 10.3 Å². The first-order valence-corrected chi connectivity index (χ1v) is 10.3. The van der Waals surface area contributed by atoms with E-state index in [0.29, 0.717) is 5.17 Å². The summed E-state index contributed by atoms with van der Waals surface area (Å²) in [6.45, 7) is 0. The number of anilines is 1. The van der Waals surface area contributed by atoms with Crippen LogP contribution in [0.25, 0.3) is 0 Å². The Balaban J connectivity index is 2.01. The Kier molecular flexibility index (Phi) is 4.49. The summed E-state index contributed by atoms with van der Waals surface area (Å²) >= 11 is 4.70. The van der Waals surface area contributed by atoms with E-state index in [1.807, 2.05) is 24.3 Å². The molecule has 0 radical (unpaired) electrons. The van der Waals surface area contributed by atoms with Crippen molar-refractivity contribution in [1.82, 2.24) is 0 Å². The quantitative estimate of drug-likeness (QED) is 0.735. The number of sulfone groups is 1. The van der Waals surface area contributed by atoms with Crippen LogP contribution in [0.2, 0.25) is 0 Å². The average Bonchev–Trinajstić information content (AvgIpc) is 2.89. The number of rotatable bonds is 2. The lowest BCUT2D eigenvalue weighted by Crippen LogP contribution is -2.37. The predicted molar refractivity (Wildman–Crippen MR) is 93.1 cm³/mol. The molecule has 0 aliphatic carbocycles. The average molecular weight is 414 g/mol. The SMILES string of the molecule is N#CCC(=O)N=C1SC2CS(=O)(=O)CC2N1c1cccc(Br)c1. The number of nitrogens with zero attached hydrogens (tertiary/aromatic N) is 3. The van der Waals surface area contributed by atoms with Crippen LogP contribution in [0, 0.1) is 11.3 Å². The van der Waals surface area contributed by atoms with Crippen molar-refractivity contribution in [3.63, 3.8) is 0 Å². The summed E-state index contributed by atoms with van der Waals surface area (Å²) in [5, 5.41) is 8.93. The summed E-state index contributed by atoms with van der Waals surface area (Å²) in [6, 6.07) is 8.96. The summed E-state index contributed by atoms with van der Waals surface area (Å²) in [5.74, 6) is -0.390. The topological polar surface area (TPSA) is 90.6 Å². The number of thioether (sulfide) groups is 1. The first-order chi connectivity index (χ1) is 10.9. The summed E-state index contributed by atoms with van der Waals surface area (Å²) in [5.41, 5.74) is 0.778. The number of halogens is 1. The molecular weight excluding hydrogens is 402 g/mol. The molecule has 2 aliphatic rings. The Morgan fingerprint density at radius 3 is 2.96 bits per heavy atom. The Labute approximate surface area is 146 Å². The predicted octanol–water partition coefficient (Wildman–Crippen LogP) is 1.96. The van der Waals surface area contributed by atoms with Crippen molar-refractivity contribution in [1.29, 1.82) is 5.26 Å². The van der Waals surface area contributed by atoms with E-state index in [0.717, 1.165) is 10.2 Å². The van der Waals surface area contributed by atoms with Gasteiger partial charge in [0.05, 0.1) is 23.6 Å². The van der Waals surface area contributed by atoms with Crippen LogP contribution >= 0.6 is 27.7 Å². The van der Waals surface area contributed by atoms with Gasteiger partial charge in [0.15, 0.2) is 15.0 Å². The molecule has 9 heteroatoms. The number of hydrogen-bond donors (Lipinski definition) is 0. The Morgan fingerprint density at radius 1 is 1.48 bits per heavy atom. The molecule has 6 nitrogen and oxygen atoms in total. The maximum atomic E-state index is 11.9. The Hall–Kier alpha value is -1.37. The molecule has 2 heterocycles. The van der Waals surface area contributed by atoms with Gasteiger partial charge in [0.1, 0.15) is 6.42 Å². The van der Waals surface area contributed by atoms with Crippen LogP contribution < -0.4 is 4.90 Å². The number of benzene rings is 1. The van der Waals surface area contributed by atoms with Crippen molar-refractivity contribution in [2.45, 2.75) is 17.7 Å². The van der Waals surface area contributed by atoms with Crippen molar-refractivity contribution in [2.24, 2.45) is 4.99 Å². The molecular formula is C14H12BrN3O3S2. The van der Waals surface area contributed by atoms with Gasteiger partial charge < -0.3 is 4.90 Å². The highest BCUT2D eigenvalue weighted by Gasteiger charge is 2.49. The third-order valence-corrected chi connectivity index (χ3v) is 7.31. The fourth-order valence-electron chi connectivity index (χ4n) is 2.71. The Morgan fingerprint density at radius 2 is 2.26 bits per heavy atom. The van der Waals surface area contributed by atoms with Crippen molar-refractivity contribution in [3.05, 3.63) is 28.7 Å². The van der Waals surface area contributed by atoms with E-state index in [4.69, 9.17) is 5.26 Å². The van der Waals surface area contributed by atoms with Gasteiger partial charge in [0, 0.05) is 15.4 Å². The molecule has 0 aromatic heterocycles. The maximum absolute atomic E-state index is 11.9. The van der Waals surface area contributed by atoms with E-state index in [2.05, 4.69) is 20.9 Å². The van der Waals surface area contributed by atoms with Gasteiger partial charge in [-0.05, 0) is 18.2 Å². The summed E-state index contributed by atoms with van der Waals surface area (Å²) in [7, 11) is -3.09. The van der Waals surface area contributed by atoms with Crippen LogP contribution in [0.1, 0.15) is 6.42 Å². The lowest BCUT2D eigenvalue weighted by atomic mass is 10.2. The van der Waals surface area contributed by atoms with Crippen LogP contribution in [-0.2, 0) is 14.6 Å². The fourth-order valence-corrected chi connectivity index (χ4v) is 7.02. The summed E-state index contributed by atoms with van der Waals surface area (Å²) in [6.07, 6.45) is -0.288. The van der Waals surface area contributed by atoms with Crippen LogP contribution in [-0.4, -0.2) is 42.3 Å². The number of carbonyl (C=O) groups excluding carboxylic acids is 1. The molecule has 2 fully saturated rings. The molecule has 2 atom stereocenters. The van der Waals surface area contributed by atoms with Gasteiger partial charge in [0.25, 0.3) is 5.91 Å². The number of nitriles is 1. The molecule has 120 valence electrons. The smallest absolute Gasteiger partial charge is 0.262 e. The number of carbonyl (C=O) groups is 1. The summed E-state index contributed by atoms with van der Waals surface area (Å²) in [4.78, 5) is 17.5. The minimum atomic E-state index is -3.09. The summed E-state index contributed by atoms with van der Waals surface area (Å²) < 4.78 is 24.7. The largest absolute Gasteiger partial charge is 0.316 e. The van der Waals surface area contributed by atoms with Crippen LogP contribution in [0.3, 0.4) is 0 Å². The van der Waals surface area contributed by atoms with E-state index in [-0.39, 0.29) is 29.2 Å². The number of amides is 1. The monoisotopic (exact) mass is 413 g/mol. The zero-order valence-corrected chi connectivity index (χ0v) is 15.1. The second kappa shape index (κ2) is 6.26. The molecule has 0 saturated carbocycles. The first-order valence-electron chi connectivity index (χ1n) is 6.80. The number of amidine groups is 1. The highest BCUT2D eigenvalue weighted by atomic mass is 79.9. The number of hydrogen-bond acceptors (Lipinski definition) is 5. The third-order valence-electron chi connectivity index (χ3n) is 3.60. The van der Waals surface area contributed by atoms with Crippen molar-refractivity contribution < 1.29 is 13.2 Å². The molecule has 1 aromatic rings. The van der Waals surface area contributed by atoms with E-state index in [9.17, 15) is 13.2 Å². The second-order valence-corrected chi connectivity index (χ2v) is 9.55. The van der Waals surface area contributed by atoms with Crippen molar-refractivity contribution in [3.8, 4) is 6.07 Å². The standard InChI is InChI=1S/C14H12BrN3O3S2/c15-9-2-1-3-10(6-9)18-11-7-23(20,21)8-12(11)22-14(18)17-13(19)4-5-16/h1-3,6,11-12H,4,7-8H2. The molecule has 1 aromatic carbocycles. The van der Waals surface area contributed by atoms with Gasteiger partial charge >= 0.3 is 0 Å². The molecule has 0 N–H and O–H groups in total. The molecule has 2 unspecified atom stereocenters. The van der Waals surface area contributed by atoms with Crippen LogP contribution in [0.5, 0.6) is 0 Å². The molecule has 2 aliphatic heterocycles. The molecule has 2 saturated heterocycles.